The number of likely N-dealkylation sites (tertiary alicyclic amines) is 1. The second-order valence-corrected chi connectivity index (χ2v) is 5.24. The Morgan fingerprint density at radius 3 is 2.50 bits per heavy atom. The second-order valence-electron chi connectivity index (χ2n) is 5.24. The van der Waals surface area contributed by atoms with Crippen molar-refractivity contribution in [3.05, 3.63) is 24.3 Å². The van der Waals surface area contributed by atoms with Gasteiger partial charge < -0.3 is 9.80 Å². The predicted octanol–water partition coefficient (Wildman–Crippen LogP) is 3.04. The molecule has 0 N–H and O–H groups in total. The first kappa shape index (κ1) is 11.6. The first-order chi connectivity index (χ1) is 8.84. The Bertz CT molecular complexity index is 447. The lowest BCUT2D eigenvalue weighted by molar-refractivity contribution is 0.550. The first-order valence-corrected chi connectivity index (χ1v) is 6.97. The van der Waals surface area contributed by atoms with Crippen molar-refractivity contribution >= 4 is 17.2 Å². The minimum atomic E-state index is 1.12. The van der Waals surface area contributed by atoms with Crippen LogP contribution in [-0.2, 0) is 0 Å². The molecule has 1 aromatic rings. The number of rotatable bonds is 2. The molecule has 0 spiro atoms. The number of amidine groups is 1. The van der Waals surface area contributed by atoms with E-state index >= 15 is 0 Å². The first-order valence-electron chi connectivity index (χ1n) is 6.97. The summed E-state index contributed by atoms with van der Waals surface area (Å²) in [6.07, 6.45) is 4.97. The molecule has 2 aliphatic rings. The number of anilines is 1. The molecule has 0 radical (unpaired) electrons. The van der Waals surface area contributed by atoms with E-state index in [9.17, 15) is 0 Å². The van der Waals surface area contributed by atoms with Gasteiger partial charge in [0.1, 0.15) is 5.84 Å². The van der Waals surface area contributed by atoms with Crippen LogP contribution in [-0.4, -0.2) is 37.4 Å². The highest BCUT2D eigenvalue weighted by Gasteiger charge is 2.18. The van der Waals surface area contributed by atoms with Crippen LogP contribution < -0.4 is 4.90 Å². The van der Waals surface area contributed by atoms with E-state index in [1.807, 2.05) is 0 Å². The van der Waals surface area contributed by atoms with Gasteiger partial charge in [-0.1, -0.05) is 12.1 Å². The van der Waals surface area contributed by atoms with E-state index in [1.165, 1.54) is 43.9 Å². The van der Waals surface area contributed by atoms with Crippen LogP contribution in [0.4, 0.5) is 11.4 Å². The zero-order valence-corrected chi connectivity index (χ0v) is 11.1. The van der Waals surface area contributed by atoms with Crippen LogP contribution in [0.5, 0.6) is 0 Å². The molecule has 2 heterocycles. The van der Waals surface area contributed by atoms with Crippen molar-refractivity contribution < 1.29 is 0 Å². The molecule has 0 saturated carbocycles. The number of para-hydroxylation sites is 2. The molecule has 3 heteroatoms. The topological polar surface area (TPSA) is 18.8 Å². The summed E-state index contributed by atoms with van der Waals surface area (Å²) in [5.74, 6) is 1.24. The Balaban J connectivity index is 1.91. The average Bonchev–Trinajstić information content (AvgIpc) is 3.03. The van der Waals surface area contributed by atoms with E-state index in [4.69, 9.17) is 4.99 Å². The summed E-state index contributed by atoms with van der Waals surface area (Å²) in [6, 6.07) is 8.57. The molecule has 1 aromatic carbocycles. The van der Waals surface area contributed by atoms with E-state index in [-0.39, 0.29) is 0 Å². The predicted molar refractivity (Wildman–Crippen MR) is 76.8 cm³/mol. The summed E-state index contributed by atoms with van der Waals surface area (Å²) >= 11 is 0. The Morgan fingerprint density at radius 2 is 1.78 bits per heavy atom. The lowest BCUT2D eigenvalue weighted by Crippen LogP contribution is -2.20. The number of hydrogen-bond donors (Lipinski definition) is 0. The largest absolute Gasteiger partial charge is 0.370 e. The van der Waals surface area contributed by atoms with Crippen LogP contribution in [0.15, 0.2) is 29.3 Å². The van der Waals surface area contributed by atoms with Crippen molar-refractivity contribution in [3.8, 4) is 0 Å². The maximum atomic E-state index is 4.88. The number of hydrogen-bond acceptors (Lipinski definition) is 2. The fraction of sp³-hybridized carbons (Fsp3) is 0.533. The van der Waals surface area contributed by atoms with Gasteiger partial charge in [0.2, 0.25) is 0 Å². The minimum Gasteiger partial charge on any atom is -0.370 e. The van der Waals surface area contributed by atoms with Crippen LogP contribution in [0.25, 0.3) is 0 Å². The van der Waals surface area contributed by atoms with Gasteiger partial charge in [0.05, 0.1) is 11.4 Å². The smallest absolute Gasteiger partial charge is 0.105 e. The molecule has 0 amide bonds. The second kappa shape index (κ2) is 5.01. The highest BCUT2D eigenvalue weighted by Crippen LogP contribution is 2.31. The number of nitrogens with zero attached hydrogens (tertiary/aromatic N) is 3. The van der Waals surface area contributed by atoms with Crippen LogP contribution >= 0.6 is 0 Å². The van der Waals surface area contributed by atoms with Crippen molar-refractivity contribution in [2.75, 3.05) is 31.6 Å². The summed E-state index contributed by atoms with van der Waals surface area (Å²) in [4.78, 5) is 9.63. The van der Waals surface area contributed by atoms with E-state index in [0.717, 1.165) is 18.7 Å². The lowest BCUT2D eigenvalue weighted by atomic mass is 10.2. The average molecular weight is 243 g/mol. The third-order valence-corrected chi connectivity index (χ3v) is 3.91. The van der Waals surface area contributed by atoms with Crippen LogP contribution in [0, 0.1) is 0 Å². The molecule has 0 atom stereocenters. The van der Waals surface area contributed by atoms with Gasteiger partial charge in [0, 0.05) is 33.1 Å². The molecular formula is C15H21N3. The van der Waals surface area contributed by atoms with Crippen molar-refractivity contribution in [1.82, 2.24) is 4.90 Å². The van der Waals surface area contributed by atoms with E-state index in [1.54, 1.807) is 0 Å². The molecule has 3 rings (SSSR count). The van der Waals surface area contributed by atoms with Crippen molar-refractivity contribution in [2.24, 2.45) is 4.99 Å². The highest BCUT2D eigenvalue weighted by molar-refractivity contribution is 5.88. The molecule has 0 bridgehead atoms. The molecule has 18 heavy (non-hydrogen) atoms. The van der Waals surface area contributed by atoms with Crippen molar-refractivity contribution in [3.63, 3.8) is 0 Å². The Kier molecular flexibility index (Phi) is 3.22. The van der Waals surface area contributed by atoms with Gasteiger partial charge in [0.25, 0.3) is 0 Å². The van der Waals surface area contributed by atoms with Crippen LogP contribution in [0.2, 0.25) is 0 Å². The van der Waals surface area contributed by atoms with E-state index < -0.39 is 0 Å². The van der Waals surface area contributed by atoms with Crippen molar-refractivity contribution in [1.29, 1.82) is 0 Å². The molecule has 0 aliphatic carbocycles. The summed E-state index contributed by atoms with van der Waals surface area (Å²) in [5.41, 5.74) is 2.45. The number of aliphatic imine (C=N–C) groups is 1. The molecule has 3 nitrogen and oxygen atoms in total. The molecule has 2 fully saturated rings. The number of benzene rings is 1. The van der Waals surface area contributed by atoms with Crippen LogP contribution in [0.1, 0.15) is 25.7 Å². The summed E-state index contributed by atoms with van der Waals surface area (Å²) < 4.78 is 0. The molecule has 96 valence electrons. The molecule has 0 aromatic heterocycles. The van der Waals surface area contributed by atoms with Gasteiger partial charge >= 0.3 is 0 Å². The SMILES string of the molecule is CN1CCC/C1=N\c1ccccc1N1CCCC1. The Labute approximate surface area is 109 Å². The Morgan fingerprint density at radius 1 is 1.00 bits per heavy atom. The van der Waals surface area contributed by atoms with Gasteiger partial charge in [-0.2, -0.15) is 0 Å². The van der Waals surface area contributed by atoms with Gasteiger partial charge in [-0.15, -0.1) is 0 Å². The third-order valence-electron chi connectivity index (χ3n) is 3.91. The Hall–Kier alpha value is -1.51. The van der Waals surface area contributed by atoms with E-state index in [2.05, 4.69) is 41.1 Å². The zero-order chi connectivity index (χ0) is 12.4. The van der Waals surface area contributed by atoms with Gasteiger partial charge in [0.15, 0.2) is 0 Å². The summed E-state index contributed by atoms with van der Waals surface area (Å²) in [6.45, 7) is 3.50. The maximum Gasteiger partial charge on any atom is 0.105 e. The fourth-order valence-corrected chi connectivity index (χ4v) is 2.86. The quantitative estimate of drug-likeness (QED) is 0.795. The van der Waals surface area contributed by atoms with Gasteiger partial charge in [-0.3, -0.25) is 0 Å². The normalized spacial score (nSPS) is 22.2. The standard InChI is InChI=1S/C15H21N3/c1-17-10-6-9-15(17)16-13-7-2-3-8-14(13)18-11-4-5-12-18/h2-3,7-8H,4-6,9-12H2,1H3/b16-15+. The molecular weight excluding hydrogens is 222 g/mol. The zero-order valence-electron chi connectivity index (χ0n) is 11.1. The van der Waals surface area contributed by atoms with Gasteiger partial charge in [-0.25, -0.2) is 4.99 Å². The third kappa shape index (κ3) is 2.22. The molecule has 0 unspecified atom stereocenters. The van der Waals surface area contributed by atoms with Crippen LogP contribution in [0.3, 0.4) is 0 Å². The molecule has 2 aliphatic heterocycles. The maximum absolute atomic E-state index is 4.88. The lowest BCUT2D eigenvalue weighted by Gasteiger charge is -2.20. The van der Waals surface area contributed by atoms with E-state index in [0.29, 0.717) is 0 Å². The molecule has 2 saturated heterocycles. The fourth-order valence-electron chi connectivity index (χ4n) is 2.86. The van der Waals surface area contributed by atoms with Gasteiger partial charge in [-0.05, 0) is 31.4 Å². The minimum absolute atomic E-state index is 1.12. The van der Waals surface area contributed by atoms with Crippen molar-refractivity contribution in [2.45, 2.75) is 25.7 Å². The summed E-state index contributed by atoms with van der Waals surface area (Å²) in [7, 11) is 2.14. The monoisotopic (exact) mass is 243 g/mol. The summed E-state index contributed by atoms with van der Waals surface area (Å²) in [5, 5.41) is 0. The highest BCUT2D eigenvalue weighted by atomic mass is 15.2.